The van der Waals surface area contributed by atoms with Crippen LogP contribution in [0.4, 0.5) is 0 Å². The maximum Gasteiger partial charge on any atom is 0 e. The second-order valence-corrected chi connectivity index (χ2v) is 38.6. The standard InChI is InChI=1S/4C18H15P.C7H8.3C2H7OP.C2H6OP.2Pt.H/c4*1-4-10-16(11-5-1)19(17-12-6-2-7-13-17)18-14-8-3-9-15-18;1-7-5-3-2-4-6-7;4*1-4(2)3;;;/h4*1-15H;2-6H,1H3;2*4H,1-2H3;3H,1-2H3;1-2H3;;;/q;;;;;;;;+1;;;/p+1. The molecule has 0 saturated heterocycles. The SMILES string of the molecule is C[P+](C)=O.C[PH+](C)O.C[PH](C)=O.C[PH](C)=O.Cc1ccccc1.[PtH].[Pt].c1ccc(P(c2ccccc2)c2ccccc2)cc1.c1ccc(P(c2ccccc2)c2ccccc2)cc1.c1ccc(P(c2ccccc2)c2ccccc2)cc1.c1ccc(P(c2ccccc2)c2ccccc2)cc1. The van der Waals surface area contributed by atoms with Crippen LogP contribution in [0.2, 0.25) is 0 Å². The van der Waals surface area contributed by atoms with Crippen molar-refractivity contribution in [2.24, 2.45) is 0 Å². The normalized spacial score (nSPS) is 9.87. The van der Waals surface area contributed by atoms with Crippen LogP contribution >= 0.6 is 63.2 Å². The van der Waals surface area contributed by atoms with Crippen LogP contribution in [-0.4, -0.2) is 58.2 Å². The Labute approximate surface area is 642 Å². The monoisotopic (exact) mass is 1840 g/mol. The van der Waals surface area contributed by atoms with Crippen molar-refractivity contribution in [2.45, 2.75) is 6.92 Å². The third kappa shape index (κ3) is 37.3. The molecule has 0 fully saturated rings. The van der Waals surface area contributed by atoms with E-state index in [0.717, 1.165) is 0 Å². The Bertz CT molecular complexity index is 3290. The molecule has 0 spiro atoms. The van der Waals surface area contributed by atoms with Gasteiger partial charge in [0.1, 0.15) is 21.5 Å². The molecule has 0 aliphatic heterocycles. The summed E-state index contributed by atoms with van der Waals surface area (Å²) in [6.07, 6.45) is 0. The van der Waals surface area contributed by atoms with Gasteiger partial charge in [0, 0.05) is 21.1 Å². The molecule has 13 aromatic carbocycles. The topological polar surface area (TPSA) is 71.4 Å². The van der Waals surface area contributed by atoms with Crippen LogP contribution in [0, 0.1) is 6.92 Å². The molecule has 0 aliphatic carbocycles. The zero-order valence-electron chi connectivity index (χ0n) is 59.1. The van der Waals surface area contributed by atoms with Gasteiger partial charge in [-0.3, -0.25) is 4.89 Å². The molecule has 0 heterocycles. The van der Waals surface area contributed by atoms with Gasteiger partial charge in [-0.05, 0) is 129 Å². The van der Waals surface area contributed by atoms with E-state index < -0.39 is 63.2 Å². The smallest absolute Gasteiger partial charge is 0 e. The average Bonchev–Trinajstić information content (AvgIpc) is 0.848. The van der Waals surface area contributed by atoms with E-state index in [4.69, 9.17) is 4.89 Å². The summed E-state index contributed by atoms with van der Waals surface area (Å²) in [5.41, 5.74) is 1.32. The van der Waals surface area contributed by atoms with Gasteiger partial charge in [0.25, 0.3) is 0 Å². The van der Waals surface area contributed by atoms with Gasteiger partial charge in [-0.1, -0.05) is 404 Å². The van der Waals surface area contributed by atoms with E-state index in [2.05, 4.69) is 383 Å². The van der Waals surface area contributed by atoms with Crippen LogP contribution in [-0.2, 0) is 55.8 Å². The summed E-state index contributed by atoms with van der Waals surface area (Å²) in [6, 6.07) is 140. The van der Waals surface area contributed by atoms with Crippen LogP contribution in [0.1, 0.15) is 5.56 Å². The van der Waals surface area contributed by atoms with Gasteiger partial charge in [0.15, 0.2) is 0 Å². The van der Waals surface area contributed by atoms with Crippen molar-refractivity contribution in [3.63, 3.8) is 0 Å². The van der Waals surface area contributed by atoms with E-state index in [-0.39, 0.29) is 42.1 Å². The molecule has 0 radical (unpaired) electrons. The van der Waals surface area contributed by atoms with Crippen LogP contribution in [0.25, 0.3) is 0 Å². The summed E-state index contributed by atoms with van der Waals surface area (Å²) in [7, 11) is -5.79. The Kier molecular flexibility index (Phi) is 48.1. The van der Waals surface area contributed by atoms with Crippen LogP contribution < -0.4 is 63.7 Å². The number of benzene rings is 13. The van der Waals surface area contributed by atoms with Crippen LogP contribution in [0.15, 0.2) is 394 Å². The van der Waals surface area contributed by atoms with Gasteiger partial charge in [0.2, 0.25) is 0 Å². The molecule has 0 atom stereocenters. The second kappa shape index (κ2) is 54.5. The predicted octanol–water partition coefficient (Wildman–Crippen LogP) is 18.6. The molecule has 13 aromatic rings. The predicted molar refractivity (Wildman–Crippen MR) is 457 cm³/mol. The molecule has 13 rings (SSSR count). The number of aryl methyl sites for hydroxylation is 1. The molecular formula is C87H97O4P8Pt2+2. The van der Waals surface area contributed by atoms with E-state index in [1.807, 2.05) is 31.5 Å². The molecule has 0 saturated carbocycles. The summed E-state index contributed by atoms with van der Waals surface area (Å²) in [4.78, 5) is 8.16. The van der Waals surface area contributed by atoms with Gasteiger partial charge < -0.3 is 9.13 Å². The van der Waals surface area contributed by atoms with Gasteiger partial charge in [-0.15, -0.1) is 0 Å². The first-order valence-corrected chi connectivity index (χ1v) is 47.5. The van der Waals surface area contributed by atoms with Gasteiger partial charge in [0.05, 0.1) is 28.9 Å². The summed E-state index contributed by atoms with van der Waals surface area (Å²) >= 11 is 0. The molecule has 0 aromatic heterocycles. The Morgan fingerprint density at radius 1 is 0.257 bits per heavy atom. The molecule has 14 heteroatoms. The van der Waals surface area contributed by atoms with Crippen molar-refractivity contribution in [3.05, 3.63) is 400 Å². The minimum atomic E-state index is -1.13. The fraction of sp³-hybridized carbons (Fsp3) is 0.103. The first-order valence-electron chi connectivity index (χ1n) is 32.7. The molecule has 0 unspecified atom stereocenters. The molecule has 4 nitrogen and oxygen atoms in total. The van der Waals surface area contributed by atoms with Gasteiger partial charge >= 0.3 is 28.9 Å². The van der Waals surface area contributed by atoms with Crippen LogP contribution in [0.3, 0.4) is 0 Å². The Morgan fingerprint density at radius 2 is 0.327 bits per heavy atom. The van der Waals surface area contributed by atoms with Crippen molar-refractivity contribution in [2.75, 3.05) is 53.3 Å². The quantitative estimate of drug-likeness (QED) is 0.124. The second-order valence-electron chi connectivity index (χ2n) is 22.6. The minimum absolute atomic E-state index is 0. The first-order chi connectivity index (χ1) is 48.1. The maximum absolute atomic E-state index is 9.63. The first kappa shape index (κ1) is 89.1. The fourth-order valence-corrected chi connectivity index (χ4v) is 18.5. The molecular weight excluding hydrogens is 1750 g/mol. The van der Waals surface area contributed by atoms with E-state index in [9.17, 15) is 13.7 Å². The van der Waals surface area contributed by atoms with E-state index in [0.29, 0.717) is 0 Å². The van der Waals surface area contributed by atoms with E-state index in [1.54, 1.807) is 40.0 Å². The third-order valence-corrected chi connectivity index (χ3v) is 22.9. The summed E-state index contributed by atoms with van der Waals surface area (Å²) in [5, 5.41) is 16.8. The Hall–Kier alpha value is -6.09. The summed E-state index contributed by atoms with van der Waals surface area (Å²) in [5.74, 6) is 0. The van der Waals surface area contributed by atoms with Crippen molar-refractivity contribution >= 4 is 127 Å². The third-order valence-electron chi connectivity index (χ3n) is 13.1. The van der Waals surface area contributed by atoms with Gasteiger partial charge in [-0.25, -0.2) is 0 Å². The molecule has 527 valence electrons. The van der Waals surface area contributed by atoms with Crippen LogP contribution in [0.5, 0.6) is 0 Å². The van der Waals surface area contributed by atoms with E-state index in [1.165, 1.54) is 69.2 Å². The molecule has 0 bridgehead atoms. The van der Waals surface area contributed by atoms with Crippen molar-refractivity contribution in [1.29, 1.82) is 0 Å². The van der Waals surface area contributed by atoms with E-state index >= 15 is 0 Å². The number of rotatable bonds is 12. The molecule has 0 amide bonds. The Morgan fingerprint density at radius 3 is 0.386 bits per heavy atom. The van der Waals surface area contributed by atoms with Gasteiger partial charge in [-0.2, -0.15) is 0 Å². The molecule has 101 heavy (non-hydrogen) atoms. The number of hydrogen-bond donors (Lipinski definition) is 1. The Balaban J connectivity index is 0.000000315. The molecule has 0 aliphatic rings. The minimum Gasteiger partial charge on any atom is -0.0622 e. The average molecular weight is 1840 g/mol. The summed E-state index contributed by atoms with van der Waals surface area (Å²) < 4.78 is 28.9. The maximum atomic E-state index is 9.63. The molecule has 1 N–H and O–H groups in total. The van der Waals surface area contributed by atoms with Crippen molar-refractivity contribution in [1.82, 2.24) is 0 Å². The summed E-state index contributed by atoms with van der Waals surface area (Å²) in [6.45, 7) is 15.9. The zero-order chi connectivity index (χ0) is 71.1. The largest absolute Gasteiger partial charge is 0.0622 e. The fourth-order valence-electron chi connectivity index (χ4n) is 9.25. The van der Waals surface area contributed by atoms with Crippen molar-refractivity contribution in [3.8, 4) is 0 Å². The number of hydrogen-bond acceptors (Lipinski definition) is 4. The zero-order valence-corrected chi connectivity index (χ0v) is 71.2. The van der Waals surface area contributed by atoms with Crippen molar-refractivity contribution < 1.29 is 60.7 Å².